The van der Waals surface area contributed by atoms with Crippen molar-refractivity contribution in [1.29, 1.82) is 0 Å². The van der Waals surface area contributed by atoms with Crippen LogP contribution in [0.3, 0.4) is 0 Å². The number of Topliss-reactive ketones (excluding diaryl/α,β-unsaturated/α-hetero) is 1. The minimum absolute atomic E-state index is 0.0357. The van der Waals surface area contributed by atoms with Crippen LogP contribution in [0.25, 0.3) is 5.76 Å². The lowest BCUT2D eigenvalue weighted by Gasteiger charge is -2.25. The van der Waals surface area contributed by atoms with Crippen molar-refractivity contribution >= 4 is 17.4 Å². The molecule has 1 N–H and O–H groups in total. The van der Waals surface area contributed by atoms with E-state index in [4.69, 9.17) is 9.47 Å². The van der Waals surface area contributed by atoms with Gasteiger partial charge in [0.1, 0.15) is 17.3 Å². The highest BCUT2D eigenvalue weighted by molar-refractivity contribution is 6.46. The van der Waals surface area contributed by atoms with E-state index < -0.39 is 17.7 Å². The molecule has 4 rings (SSSR count). The number of ether oxygens (including phenoxy) is 2. The Morgan fingerprint density at radius 2 is 1.62 bits per heavy atom. The third-order valence-corrected chi connectivity index (χ3v) is 5.50. The number of likely N-dealkylation sites (tertiary alicyclic amines) is 1. The highest BCUT2D eigenvalue weighted by atomic mass is 16.5. The molecule has 1 aliphatic rings. The van der Waals surface area contributed by atoms with E-state index in [1.165, 1.54) is 12.0 Å². The summed E-state index contributed by atoms with van der Waals surface area (Å²) in [6.45, 7) is 0.185. The van der Waals surface area contributed by atoms with Gasteiger partial charge >= 0.3 is 0 Å². The standard InChI is InChI=1S/C26H23NO5/c1-31-19-12-8-9-17(15-19)16-27-23(18-10-4-3-5-11-18)22(25(29)26(27)30)24(28)20-13-6-7-14-21(20)32-2/h3-15,23,28H,16H2,1-2H3/b24-22-. The molecule has 0 aromatic heterocycles. The molecule has 6 nitrogen and oxygen atoms in total. The third kappa shape index (κ3) is 3.83. The van der Waals surface area contributed by atoms with E-state index in [0.29, 0.717) is 17.1 Å². The number of methoxy groups -OCH3 is 2. The number of hydrogen-bond acceptors (Lipinski definition) is 5. The molecule has 1 unspecified atom stereocenters. The Balaban J connectivity index is 1.86. The number of ketones is 1. The molecular weight excluding hydrogens is 406 g/mol. The number of carbonyl (C=O) groups is 2. The molecule has 0 radical (unpaired) electrons. The molecule has 0 spiro atoms. The van der Waals surface area contributed by atoms with Gasteiger partial charge in [-0.25, -0.2) is 0 Å². The highest BCUT2D eigenvalue weighted by Crippen LogP contribution is 2.41. The first kappa shape index (κ1) is 21.2. The van der Waals surface area contributed by atoms with E-state index in [1.807, 2.05) is 54.6 Å². The number of para-hydroxylation sites is 1. The molecule has 1 fully saturated rings. The van der Waals surface area contributed by atoms with Gasteiger partial charge in [-0.05, 0) is 35.4 Å². The van der Waals surface area contributed by atoms with Gasteiger partial charge in [0.2, 0.25) is 0 Å². The Morgan fingerprint density at radius 1 is 0.906 bits per heavy atom. The van der Waals surface area contributed by atoms with E-state index >= 15 is 0 Å². The first-order valence-electron chi connectivity index (χ1n) is 10.1. The smallest absolute Gasteiger partial charge is 0.295 e. The zero-order valence-corrected chi connectivity index (χ0v) is 17.8. The number of amides is 1. The molecule has 1 aliphatic heterocycles. The number of nitrogens with zero attached hydrogens (tertiary/aromatic N) is 1. The van der Waals surface area contributed by atoms with Crippen LogP contribution in [0.5, 0.6) is 11.5 Å². The number of benzene rings is 3. The predicted molar refractivity (Wildman–Crippen MR) is 120 cm³/mol. The Kier molecular flexibility index (Phi) is 5.94. The molecule has 32 heavy (non-hydrogen) atoms. The molecule has 6 heteroatoms. The van der Waals surface area contributed by atoms with Gasteiger partial charge in [-0.3, -0.25) is 9.59 Å². The molecule has 3 aromatic carbocycles. The summed E-state index contributed by atoms with van der Waals surface area (Å²) in [6.07, 6.45) is 0. The van der Waals surface area contributed by atoms with Gasteiger partial charge < -0.3 is 19.5 Å². The lowest BCUT2D eigenvalue weighted by Crippen LogP contribution is -2.29. The fourth-order valence-corrected chi connectivity index (χ4v) is 3.98. The normalized spacial score (nSPS) is 17.4. The van der Waals surface area contributed by atoms with Crippen LogP contribution in [-0.4, -0.2) is 35.9 Å². The first-order valence-corrected chi connectivity index (χ1v) is 10.1. The number of carbonyl (C=O) groups excluding carboxylic acids is 2. The largest absolute Gasteiger partial charge is 0.507 e. The number of rotatable bonds is 6. The van der Waals surface area contributed by atoms with Gasteiger partial charge in [-0.15, -0.1) is 0 Å². The van der Waals surface area contributed by atoms with E-state index in [1.54, 1.807) is 31.4 Å². The second-order valence-corrected chi connectivity index (χ2v) is 7.39. The molecule has 1 heterocycles. The summed E-state index contributed by atoms with van der Waals surface area (Å²) < 4.78 is 10.6. The van der Waals surface area contributed by atoms with Crippen molar-refractivity contribution < 1.29 is 24.2 Å². The van der Waals surface area contributed by atoms with E-state index in [9.17, 15) is 14.7 Å². The van der Waals surface area contributed by atoms with Crippen LogP contribution in [-0.2, 0) is 16.1 Å². The van der Waals surface area contributed by atoms with Crippen LogP contribution in [0, 0.1) is 0 Å². The lowest BCUT2D eigenvalue weighted by atomic mass is 9.95. The Labute approximate surface area is 186 Å². The molecule has 1 atom stereocenters. The SMILES string of the molecule is COc1cccc(CN2C(=O)C(=O)/C(=C(\O)c3ccccc3OC)C2c2ccccc2)c1. The number of aliphatic hydroxyl groups is 1. The second-order valence-electron chi connectivity index (χ2n) is 7.39. The summed E-state index contributed by atoms with van der Waals surface area (Å²) >= 11 is 0. The summed E-state index contributed by atoms with van der Waals surface area (Å²) in [5.74, 6) is -0.591. The van der Waals surface area contributed by atoms with Crippen molar-refractivity contribution in [3.63, 3.8) is 0 Å². The molecule has 0 aliphatic carbocycles. The molecule has 3 aromatic rings. The third-order valence-electron chi connectivity index (χ3n) is 5.50. The van der Waals surface area contributed by atoms with E-state index in [2.05, 4.69) is 0 Å². The molecule has 162 valence electrons. The van der Waals surface area contributed by atoms with Gasteiger partial charge in [-0.2, -0.15) is 0 Å². The highest BCUT2D eigenvalue weighted by Gasteiger charge is 2.46. The first-order chi connectivity index (χ1) is 15.5. The van der Waals surface area contributed by atoms with Crippen LogP contribution in [0.15, 0.2) is 84.4 Å². The average Bonchev–Trinajstić information content (AvgIpc) is 3.09. The van der Waals surface area contributed by atoms with Crippen molar-refractivity contribution in [2.24, 2.45) is 0 Å². The lowest BCUT2D eigenvalue weighted by molar-refractivity contribution is -0.140. The summed E-state index contributed by atoms with van der Waals surface area (Å²) in [4.78, 5) is 27.7. The summed E-state index contributed by atoms with van der Waals surface area (Å²) in [6, 6.07) is 22.7. The fraction of sp³-hybridized carbons (Fsp3) is 0.154. The zero-order valence-electron chi connectivity index (χ0n) is 17.8. The van der Waals surface area contributed by atoms with E-state index in [-0.39, 0.29) is 17.9 Å². The number of hydrogen-bond donors (Lipinski definition) is 1. The van der Waals surface area contributed by atoms with Gasteiger partial charge in [0.05, 0.1) is 31.4 Å². The molecule has 0 saturated carbocycles. The predicted octanol–water partition coefficient (Wildman–Crippen LogP) is 4.33. The molecule has 1 saturated heterocycles. The second kappa shape index (κ2) is 8.98. The van der Waals surface area contributed by atoms with Crippen molar-refractivity contribution in [2.45, 2.75) is 12.6 Å². The van der Waals surface area contributed by atoms with Gasteiger partial charge in [0.25, 0.3) is 11.7 Å². The Morgan fingerprint density at radius 3 is 2.34 bits per heavy atom. The van der Waals surface area contributed by atoms with Gasteiger partial charge in [0.15, 0.2) is 0 Å². The minimum atomic E-state index is -0.743. The maximum atomic E-state index is 13.2. The number of aliphatic hydroxyl groups excluding tert-OH is 1. The summed E-state index contributed by atoms with van der Waals surface area (Å²) in [5.41, 5.74) is 1.93. The minimum Gasteiger partial charge on any atom is -0.507 e. The summed E-state index contributed by atoms with van der Waals surface area (Å²) in [7, 11) is 3.06. The van der Waals surface area contributed by atoms with Crippen LogP contribution in [0.2, 0.25) is 0 Å². The average molecular weight is 429 g/mol. The van der Waals surface area contributed by atoms with Crippen molar-refractivity contribution in [1.82, 2.24) is 4.90 Å². The topological polar surface area (TPSA) is 76.1 Å². The van der Waals surface area contributed by atoms with Crippen LogP contribution < -0.4 is 9.47 Å². The summed E-state index contributed by atoms with van der Waals surface area (Å²) in [5, 5.41) is 11.2. The maximum Gasteiger partial charge on any atom is 0.295 e. The zero-order chi connectivity index (χ0) is 22.7. The maximum absolute atomic E-state index is 13.2. The Hall–Kier alpha value is -4.06. The molecular formula is C26H23NO5. The van der Waals surface area contributed by atoms with Crippen LogP contribution in [0.4, 0.5) is 0 Å². The van der Waals surface area contributed by atoms with Gasteiger partial charge in [0, 0.05) is 6.54 Å². The molecule has 0 bridgehead atoms. The van der Waals surface area contributed by atoms with Gasteiger partial charge in [-0.1, -0.05) is 54.6 Å². The monoisotopic (exact) mass is 429 g/mol. The van der Waals surface area contributed by atoms with Crippen LogP contribution in [0.1, 0.15) is 22.7 Å². The van der Waals surface area contributed by atoms with Crippen LogP contribution >= 0.6 is 0 Å². The quantitative estimate of drug-likeness (QED) is 0.359. The van der Waals surface area contributed by atoms with Crippen molar-refractivity contribution in [3.8, 4) is 11.5 Å². The van der Waals surface area contributed by atoms with Crippen molar-refractivity contribution in [2.75, 3.05) is 14.2 Å². The Bertz CT molecular complexity index is 1190. The fourth-order valence-electron chi connectivity index (χ4n) is 3.98. The molecule has 1 amide bonds. The van der Waals surface area contributed by atoms with Crippen molar-refractivity contribution in [3.05, 3.63) is 101 Å². The van der Waals surface area contributed by atoms with E-state index in [0.717, 1.165) is 11.1 Å².